The Kier molecular flexibility index (Phi) is 6.38. The van der Waals surface area contributed by atoms with Gasteiger partial charge in [0.15, 0.2) is 0 Å². The van der Waals surface area contributed by atoms with Gasteiger partial charge in [0.05, 0.1) is 11.3 Å². The molecule has 31 heavy (non-hydrogen) atoms. The van der Waals surface area contributed by atoms with Gasteiger partial charge in [-0.1, -0.05) is 24.6 Å². The van der Waals surface area contributed by atoms with Gasteiger partial charge in [-0.3, -0.25) is 9.59 Å². The number of sulfonamides is 1. The maximum absolute atomic E-state index is 12.7. The summed E-state index contributed by atoms with van der Waals surface area (Å²) >= 11 is 0. The Balaban J connectivity index is 1.36. The quantitative estimate of drug-likeness (QED) is 0.691. The van der Waals surface area contributed by atoms with Crippen molar-refractivity contribution in [3.05, 3.63) is 59.7 Å². The minimum atomic E-state index is -3.48. The molecule has 4 rings (SSSR count). The lowest BCUT2D eigenvalue weighted by Gasteiger charge is -2.25. The van der Waals surface area contributed by atoms with Crippen molar-refractivity contribution in [3.8, 4) is 0 Å². The van der Waals surface area contributed by atoms with Gasteiger partial charge in [-0.2, -0.15) is 4.31 Å². The number of carbonyl (C=O) groups is 2. The smallest absolute Gasteiger partial charge is 0.251 e. The van der Waals surface area contributed by atoms with E-state index < -0.39 is 10.0 Å². The van der Waals surface area contributed by atoms with Crippen LogP contribution in [0, 0.1) is 0 Å². The van der Waals surface area contributed by atoms with Crippen LogP contribution in [-0.2, 0) is 21.2 Å². The molecule has 0 atom stereocenters. The van der Waals surface area contributed by atoms with Gasteiger partial charge in [0, 0.05) is 30.4 Å². The normalized spacial score (nSPS) is 17.2. The van der Waals surface area contributed by atoms with E-state index in [2.05, 4.69) is 10.6 Å². The molecule has 2 aliphatic rings. The van der Waals surface area contributed by atoms with E-state index in [1.54, 1.807) is 48.5 Å². The molecule has 1 saturated carbocycles. The zero-order chi connectivity index (χ0) is 21.8. The predicted octanol–water partition coefficient (Wildman–Crippen LogP) is 2.93. The Bertz CT molecular complexity index is 1060. The number of hydrogen-bond donors (Lipinski definition) is 2. The molecule has 0 radical (unpaired) electrons. The highest BCUT2D eigenvalue weighted by atomic mass is 32.2. The molecule has 164 valence electrons. The maximum Gasteiger partial charge on any atom is 0.251 e. The zero-order valence-corrected chi connectivity index (χ0v) is 18.2. The molecular formula is C23H27N3O4S. The van der Waals surface area contributed by atoms with E-state index >= 15 is 0 Å². The molecule has 1 saturated heterocycles. The van der Waals surface area contributed by atoms with Crippen LogP contribution < -0.4 is 10.6 Å². The van der Waals surface area contributed by atoms with E-state index in [0.29, 0.717) is 24.3 Å². The lowest BCUT2D eigenvalue weighted by Crippen LogP contribution is -2.35. The zero-order valence-electron chi connectivity index (χ0n) is 17.3. The number of piperidine rings is 1. The van der Waals surface area contributed by atoms with Crippen LogP contribution in [0.2, 0.25) is 0 Å². The van der Waals surface area contributed by atoms with Crippen molar-refractivity contribution in [2.45, 2.75) is 49.5 Å². The standard InChI is InChI=1S/C23H27N3O4S/c27-22(24-20-6-4-5-18(16-20)23(28)25-19-9-10-19)15-17-7-11-21(12-8-17)31(29,30)26-13-2-1-3-14-26/h4-8,11-12,16,19H,1-3,9-10,13-15H2,(H,24,27)(H,25,28). The van der Waals surface area contributed by atoms with E-state index in [1.807, 2.05) is 0 Å². The molecule has 1 aliphatic heterocycles. The van der Waals surface area contributed by atoms with E-state index in [4.69, 9.17) is 0 Å². The molecule has 0 spiro atoms. The summed E-state index contributed by atoms with van der Waals surface area (Å²) in [7, 11) is -3.48. The lowest BCUT2D eigenvalue weighted by atomic mass is 10.1. The molecule has 0 unspecified atom stereocenters. The molecule has 1 heterocycles. The van der Waals surface area contributed by atoms with Gasteiger partial charge in [-0.05, 0) is 61.6 Å². The van der Waals surface area contributed by atoms with Crippen molar-refractivity contribution in [1.82, 2.24) is 9.62 Å². The van der Waals surface area contributed by atoms with E-state index in [0.717, 1.165) is 37.7 Å². The molecule has 0 bridgehead atoms. The third-order valence-electron chi connectivity index (χ3n) is 5.56. The second-order valence-electron chi connectivity index (χ2n) is 8.16. The van der Waals surface area contributed by atoms with Crippen molar-refractivity contribution in [2.24, 2.45) is 0 Å². The number of benzene rings is 2. The van der Waals surface area contributed by atoms with Crippen LogP contribution in [0.5, 0.6) is 0 Å². The SMILES string of the molecule is O=C(Cc1ccc(S(=O)(=O)N2CCCCC2)cc1)Nc1cccc(C(=O)NC2CC2)c1. The first-order valence-electron chi connectivity index (χ1n) is 10.7. The van der Waals surface area contributed by atoms with E-state index in [1.165, 1.54) is 4.31 Å². The molecule has 2 aromatic rings. The second kappa shape index (κ2) is 9.20. The first-order valence-corrected chi connectivity index (χ1v) is 12.2. The van der Waals surface area contributed by atoms with Crippen LogP contribution in [-0.4, -0.2) is 43.7 Å². The molecule has 2 aromatic carbocycles. The largest absolute Gasteiger partial charge is 0.349 e. The van der Waals surface area contributed by atoms with Gasteiger partial charge in [-0.15, -0.1) is 0 Å². The third-order valence-corrected chi connectivity index (χ3v) is 7.47. The Labute approximate surface area is 182 Å². The maximum atomic E-state index is 12.7. The fraction of sp³-hybridized carbons (Fsp3) is 0.391. The second-order valence-corrected chi connectivity index (χ2v) is 10.1. The fourth-order valence-electron chi connectivity index (χ4n) is 3.66. The predicted molar refractivity (Wildman–Crippen MR) is 118 cm³/mol. The summed E-state index contributed by atoms with van der Waals surface area (Å²) in [6, 6.07) is 13.6. The highest BCUT2D eigenvalue weighted by Crippen LogP contribution is 2.22. The first kappa shape index (κ1) is 21.5. The Morgan fingerprint density at radius 3 is 2.35 bits per heavy atom. The summed E-state index contributed by atoms with van der Waals surface area (Å²) in [6.45, 7) is 1.12. The number of carbonyl (C=O) groups excluding carboxylic acids is 2. The van der Waals surface area contributed by atoms with Gasteiger partial charge >= 0.3 is 0 Å². The van der Waals surface area contributed by atoms with Gasteiger partial charge in [-0.25, -0.2) is 8.42 Å². The molecule has 2 N–H and O–H groups in total. The highest BCUT2D eigenvalue weighted by Gasteiger charge is 2.26. The van der Waals surface area contributed by atoms with Crippen LogP contribution >= 0.6 is 0 Å². The van der Waals surface area contributed by atoms with Crippen LogP contribution in [0.15, 0.2) is 53.4 Å². The van der Waals surface area contributed by atoms with Crippen molar-refractivity contribution in [2.75, 3.05) is 18.4 Å². The monoisotopic (exact) mass is 441 g/mol. The van der Waals surface area contributed by atoms with Gasteiger partial charge in [0.25, 0.3) is 5.91 Å². The van der Waals surface area contributed by atoms with Crippen LogP contribution in [0.25, 0.3) is 0 Å². The van der Waals surface area contributed by atoms with Gasteiger partial charge in [0.2, 0.25) is 15.9 Å². The molecule has 8 heteroatoms. The number of rotatable bonds is 7. The minimum absolute atomic E-state index is 0.114. The molecule has 7 nitrogen and oxygen atoms in total. The Morgan fingerprint density at radius 2 is 1.68 bits per heavy atom. The summed E-state index contributed by atoms with van der Waals surface area (Å²) in [6.07, 6.45) is 4.99. The summed E-state index contributed by atoms with van der Waals surface area (Å²) in [4.78, 5) is 24.9. The molecule has 2 amide bonds. The number of amides is 2. The van der Waals surface area contributed by atoms with Gasteiger partial charge < -0.3 is 10.6 Å². The summed E-state index contributed by atoms with van der Waals surface area (Å²) in [5, 5.41) is 5.73. The minimum Gasteiger partial charge on any atom is -0.349 e. The van der Waals surface area contributed by atoms with Crippen molar-refractivity contribution in [3.63, 3.8) is 0 Å². The topological polar surface area (TPSA) is 95.6 Å². The third kappa shape index (κ3) is 5.51. The van der Waals surface area contributed by atoms with Crippen LogP contribution in [0.1, 0.15) is 48.0 Å². The number of nitrogens with zero attached hydrogens (tertiary/aromatic N) is 1. The molecule has 0 aromatic heterocycles. The van der Waals surface area contributed by atoms with Crippen molar-refractivity contribution < 1.29 is 18.0 Å². The summed E-state index contributed by atoms with van der Waals surface area (Å²) in [5.41, 5.74) is 1.78. The first-order chi connectivity index (χ1) is 14.9. The molecule has 1 aliphatic carbocycles. The summed E-state index contributed by atoms with van der Waals surface area (Å²) in [5.74, 6) is -0.365. The number of hydrogen-bond acceptors (Lipinski definition) is 4. The van der Waals surface area contributed by atoms with Crippen molar-refractivity contribution >= 4 is 27.5 Å². The highest BCUT2D eigenvalue weighted by molar-refractivity contribution is 7.89. The number of anilines is 1. The van der Waals surface area contributed by atoms with Crippen molar-refractivity contribution in [1.29, 1.82) is 0 Å². The van der Waals surface area contributed by atoms with Crippen LogP contribution in [0.4, 0.5) is 5.69 Å². The van der Waals surface area contributed by atoms with E-state index in [9.17, 15) is 18.0 Å². The Morgan fingerprint density at radius 1 is 0.968 bits per heavy atom. The number of nitrogens with one attached hydrogen (secondary N) is 2. The average molecular weight is 442 g/mol. The molecule has 2 fully saturated rings. The fourth-order valence-corrected chi connectivity index (χ4v) is 5.18. The molecular weight excluding hydrogens is 414 g/mol. The van der Waals surface area contributed by atoms with E-state index in [-0.39, 0.29) is 29.2 Å². The van der Waals surface area contributed by atoms with Crippen LogP contribution in [0.3, 0.4) is 0 Å². The summed E-state index contributed by atoms with van der Waals surface area (Å²) < 4.78 is 27.0. The lowest BCUT2D eigenvalue weighted by molar-refractivity contribution is -0.115. The average Bonchev–Trinajstić information content (AvgIpc) is 3.59. The van der Waals surface area contributed by atoms with Gasteiger partial charge in [0.1, 0.15) is 0 Å². The Hall–Kier alpha value is -2.71.